The molecule has 0 bridgehead atoms. The van der Waals surface area contributed by atoms with E-state index in [1.165, 1.54) is 4.90 Å². The van der Waals surface area contributed by atoms with Gasteiger partial charge in [0, 0.05) is 5.69 Å². The first-order valence-corrected chi connectivity index (χ1v) is 11.5. The molecule has 4 rings (SSSR count). The van der Waals surface area contributed by atoms with E-state index in [-0.39, 0.29) is 25.0 Å². The van der Waals surface area contributed by atoms with Crippen molar-refractivity contribution in [2.75, 3.05) is 18.5 Å². The molecule has 0 spiro atoms. The average molecular weight is 455 g/mol. The first kappa shape index (κ1) is 23.3. The molecule has 1 N–H and O–H groups in total. The Bertz CT molecular complexity index is 1270. The number of nitrogens with one attached hydrogen (secondary N) is 1. The topological polar surface area (TPSA) is 58.6 Å². The maximum Gasteiger partial charge on any atom is 0.278 e. The van der Waals surface area contributed by atoms with Gasteiger partial charge in [0.25, 0.3) is 11.8 Å². The van der Waals surface area contributed by atoms with E-state index in [9.17, 15) is 9.59 Å². The molecule has 0 saturated carbocycles. The van der Waals surface area contributed by atoms with Gasteiger partial charge >= 0.3 is 0 Å². The van der Waals surface area contributed by atoms with E-state index in [1.807, 2.05) is 89.2 Å². The molecule has 0 radical (unpaired) electrons. The zero-order valence-corrected chi connectivity index (χ0v) is 20.4. The predicted molar refractivity (Wildman–Crippen MR) is 136 cm³/mol. The number of anilines is 1. The lowest BCUT2D eigenvalue weighted by molar-refractivity contribution is -0.137. The molecule has 0 aliphatic carbocycles. The number of imide groups is 1. The average Bonchev–Trinajstić information content (AvgIpc) is 3.00. The number of amides is 2. The predicted octanol–water partition coefficient (Wildman–Crippen LogP) is 5.50. The molecular weight excluding hydrogens is 424 g/mol. The summed E-state index contributed by atoms with van der Waals surface area (Å²) < 4.78 is 5.88. The summed E-state index contributed by atoms with van der Waals surface area (Å²) in [5, 5.41) is 3.26. The molecule has 0 saturated heterocycles. The number of nitrogens with zero attached hydrogens (tertiary/aromatic N) is 1. The molecule has 0 unspecified atom stereocenters. The summed E-state index contributed by atoms with van der Waals surface area (Å²) in [6, 6.07) is 19.6. The van der Waals surface area contributed by atoms with Gasteiger partial charge in [0.1, 0.15) is 18.1 Å². The van der Waals surface area contributed by atoms with Crippen molar-refractivity contribution >= 4 is 23.1 Å². The number of benzene rings is 3. The maximum absolute atomic E-state index is 13.4. The minimum atomic E-state index is -0.343. The van der Waals surface area contributed by atoms with E-state index in [4.69, 9.17) is 4.74 Å². The highest BCUT2D eigenvalue weighted by Gasteiger charge is 2.39. The molecule has 174 valence electrons. The van der Waals surface area contributed by atoms with Crippen molar-refractivity contribution in [3.8, 4) is 5.75 Å². The molecule has 2 amide bonds. The summed E-state index contributed by atoms with van der Waals surface area (Å²) in [7, 11) is 0. The Balaban J connectivity index is 1.60. The van der Waals surface area contributed by atoms with Gasteiger partial charge < -0.3 is 10.1 Å². The lowest BCUT2D eigenvalue weighted by Gasteiger charge is -2.16. The van der Waals surface area contributed by atoms with Gasteiger partial charge in [-0.25, -0.2) is 0 Å². The SMILES string of the molecule is Cc1ccc(C2=C(Nc3ccc(C)cc3C)C(=O)N(CCOc3cc(C)cc(C)c3)C2=O)cc1. The summed E-state index contributed by atoms with van der Waals surface area (Å²) in [5.41, 5.74) is 7.64. The molecule has 1 heterocycles. The number of carbonyl (C=O) groups excluding carboxylic acids is 2. The molecule has 5 heteroatoms. The first-order valence-electron chi connectivity index (χ1n) is 11.5. The molecule has 34 heavy (non-hydrogen) atoms. The monoisotopic (exact) mass is 454 g/mol. The second-order valence-electron chi connectivity index (χ2n) is 8.99. The van der Waals surface area contributed by atoms with Crippen LogP contribution in [0.2, 0.25) is 0 Å². The molecule has 3 aromatic rings. The summed E-state index contributed by atoms with van der Waals surface area (Å²) in [4.78, 5) is 28.1. The summed E-state index contributed by atoms with van der Waals surface area (Å²) in [5.74, 6) is 0.0756. The van der Waals surface area contributed by atoms with Crippen LogP contribution in [0.5, 0.6) is 5.75 Å². The van der Waals surface area contributed by atoms with Gasteiger partial charge in [0.05, 0.1) is 12.1 Å². The van der Waals surface area contributed by atoms with Crippen LogP contribution in [-0.4, -0.2) is 29.9 Å². The van der Waals surface area contributed by atoms with Crippen molar-refractivity contribution < 1.29 is 14.3 Å². The smallest absolute Gasteiger partial charge is 0.278 e. The minimum Gasteiger partial charge on any atom is -0.492 e. The first-order chi connectivity index (χ1) is 16.2. The van der Waals surface area contributed by atoms with E-state index in [0.717, 1.165) is 39.3 Å². The molecule has 0 atom stereocenters. The van der Waals surface area contributed by atoms with E-state index < -0.39 is 0 Å². The Labute approximate surface area is 201 Å². The van der Waals surface area contributed by atoms with Crippen LogP contribution >= 0.6 is 0 Å². The van der Waals surface area contributed by atoms with Crippen LogP contribution in [-0.2, 0) is 9.59 Å². The maximum atomic E-state index is 13.4. The van der Waals surface area contributed by atoms with Crippen molar-refractivity contribution in [3.05, 3.63) is 99.7 Å². The summed E-state index contributed by atoms with van der Waals surface area (Å²) in [6.45, 7) is 10.4. The molecule has 1 aliphatic heterocycles. The number of hydrogen-bond acceptors (Lipinski definition) is 4. The third kappa shape index (κ3) is 4.88. The Hall–Kier alpha value is -3.86. The van der Waals surface area contributed by atoms with E-state index >= 15 is 0 Å². The Morgan fingerprint density at radius 3 is 2.03 bits per heavy atom. The quantitative estimate of drug-likeness (QED) is 0.479. The Morgan fingerprint density at radius 1 is 0.735 bits per heavy atom. The van der Waals surface area contributed by atoms with Crippen molar-refractivity contribution in [3.63, 3.8) is 0 Å². The van der Waals surface area contributed by atoms with Gasteiger partial charge in [-0.1, -0.05) is 53.6 Å². The largest absolute Gasteiger partial charge is 0.492 e. The molecule has 3 aromatic carbocycles. The van der Waals surface area contributed by atoms with Crippen LogP contribution in [0, 0.1) is 34.6 Å². The van der Waals surface area contributed by atoms with Crippen molar-refractivity contribution in [2.24, 2.45) is 0 Å². The van der Waals surface area contributed by atoms with E-state index in [0.29, 0.717) is 16.8 Å². The van der Waals surface area contributed by atoms with E-state index in [2.05, 4.69) is 11.4 Å². The Kier molecular flexibility index (Phi) is 6.55. The zero-order valence-electron chi connectivity index (χ0n) is 20.4. The van der Waals surface area contributed by atoms with Crippen molar-refractivity contribution in [1.82, 2.24) is 4.90 Å². The third-order valence-electron chi connectivity index (χ3n) is 5.93. The lowest BCUT2D eigenvalue weighted by Crippen LogP contribution is -2.36. The van der Waals surface area contributed by atoms with Crippen LogP contribution in [0.1, 0.15) is 33.4 Å². The highest BCUT2D eigenvalue weighted by Crippen LogP contribution is 2.31. The van der Waals surface area contributed by atoms with Crippen LogP contribution in [0.15, 0.2) is 66.4 Å². The fourth-order valence-electron chi connectivity index (χ4n) is 4.24. The number of aryl methyl sites for hydroxylation is 5. The lowest BCUT2D eigenvalue weighted by atomic mass is 10.0. The Morgan fingerprint density at radius 2 is 1.38 bits per heavy atom. The van der Waals surface area contributed by atoms with Crippen LogP contribution < -0.4 is 10.1 Å². The normalized spacial score (nSPS) is 13.6. The van der Waals surface area contributed by atoms with Gasteiger partial charge in [-0.2, -0.15) is 0 Å². The number of carbonyl (C=O) groups is 2. The van der Waals surface area contributed by atoms with Crippen molar-refractivity contribution in [1.29, 1.82) is 0 Å². The molecular formula is C29H30N2O3. The highest BCUT2D eigenvalue weighted by atomic mass is 16.5. The molecule has 0 fully saturated rings. The standard InChI is InChI=1S/C29H30N2O3/c1-18-6-9-23(10-7-18)26-27(30-25-11-8-19(2)15-22(25)5)29(33)31(28(26)32)12-13-34-24-16-20(3)14-21(4)17-24/h6-11,14-17,30H,12-13H2,1-5H3. The summed E-state index contributed by atoms with van der Waals surface area (Å²) in [6.07, 6.45) is 0. The zero-order chi connectivity index (χ0) is 24.4. The van der Waals surface area contributed by atoms with Crippen LogP contribution in [0.4, 0.5) is 5.69 Å². The van der Waals surface area contributed by atoms with Gasteiger partial charge in [0.15, 0.2) is 0 Å². The van der Waals surface area contributed by atoms with E-state index in [1.54, 1.807) is 0 Å². The van der Waals surface area contributed by atoms with Gasteiger partial charge in [-0.15, -0.1) is 0 Å². The molecule has 0 aromatic heterocycles. The number of hydrogen-bond donors (Lipinski definition) is 1. The van der Waals surface area contributed by atoms with Gasteiger partial charge in [-0.05, 0) is 75.1 Å². The number of rotatable bonds is 7. The van der Waals surface area contributed by atoms with Gasteiger partial charge in [-0.3, -0.25) is 14.5 Å². The highest BCUT2D eigenvalue weighted by molar-refractivity contribution is 6.36. The second-order valence-corrected chi connectivity index (χ2v) is 8.99. The van der Waals surface area contributed by atoms with Crippen molar-refractivity contribution in [2.45, 2.75) is 34.6 Å². The minimum absolute atomic E-state index is 0.165. The van der Waals surface area contributed by atoms with Gasteiger partial charge in [0.2, 0.25) is 0 Å². The molecule has 1 aliphatic rings. The van der Waals surface area contributed by atoms with Crippen LogP contribution in [0.25, 0.3) is 5.57 Å². The second kappa shape index (κ2) is 9.56. The fraction of sp³-hybridized carbons (Fsp3) is 0.241. The summed E-state index contributed by atoms with van der Waals surface area (Å²) >= 11 is 0. The van der Waals surface area contributed by atoms with Crippen LogP contribution in [0.3, 0.4) is 0 Å². The fourth-order valence-corrected chi connectivity index (χ4v) is 4.24. The molecule has 5 nitrogen and oxygen atoms in total. The third-order valence-corrected chi connectivity index (χ3v) is 5.93. The number of ether oxygens (including phenoxy) is 1.